The highest BCUT2D eigenvalue weighted by Crippen LogP contribution is 2.19. The fraction of sp³-hybridized carbons (Fsp3) is 0.636. The van der Waals surface area contributed by atoms with E-state index in [0.29, 0.717) is 24.2 Å². The molecule has 1 saturated heterocycles. The highest BCUT2D eigenvalue weighted by molar-refractivity contribution is 5.44. The van der Waals surface area contributed by atoms with Gasteiger partial charge < -0.3 is 15.4 Å². The summed E-state index contributed by atoms with van der Waals surface area (Å²) in [5.41, 5.74) is 6.21. The summed E-state index contributed by atoms with van der Waals surface area (Å²) in [6, 6.07) is 0.475. The third-order valence-electron chi connectivity index (χ3n) is 3.04. The van der Waals surface area contributed by atoms with Gasteiger partial charge in [-0.3, -0.25) is 0 Å². The van der Waals surface area contributed by atoms with E-state index >= 15 is 0 Å². The van der Waals surface area contributed by atoms with Crippen molar-refractivity contribution in [2.75, 3.05) is 25.9 Å². The highest BCUT2D eigenvalue weighted by atomic mass is 16.5. The molecule has 5 heteroatoms. The third-order valence-corrected chi connectivity index (χ3v) is 3.04. The molecule has 1 aliphatic rings. The zero-order chi connectivity index (χ0) is 11.4. The van der Waals surface area contributed by atoms with Crippen molar-refractivity contribution < 1.29 is 4.74 Å². The summed E-state index contributed by atoms with van der Waals surface area (Å²) in [5, 5.41) is 0. The van der Waals surface area contributed by atoms with Crippen LogP contribution in [0.4, 0.5) is 5.69 Å². The number of likely N-dealkylation sites (N-methyl/N-ethyl adjacent to an activating group) is 1. The van der Waals surface area contributed by atoms with Crippen LogP contribution in [0.25, 0.3) is 0 Å². The molecular formula is C11H18N4O. The molecule has 1 aliphatic heterocycles. The van der Waals surface area contributed by atoms with Gasteiger partial charge in [-0.25, -0.2) is 9.97 Å². The summed E-state index contributed by atoms with van der Waals surface area (Å²) < 4.78 is 5.63. The molecule has 1 aromatic heterocycles. The summed E-state index contributed by atoms with van der Waals surface area (Å²) in [7, 11) is 2.14. The predicted molar refractivity (Wildman–Crippen MR) is 62.2 cm³/mol. The van der Waals surface area contributed by atoms with Gasteiger partial charge in [0.15, 0.2) is 0 Å². The molecule has 1 aromatic rings. The maximum Gasteiger partial charge on any atom is 0.240 e. The Morgan fingerprint density at radius 3 is 3.19 bits per heavy atom. The number of nitrogens with zero attached hydrogens (tertiary/aromatic N) is 3. The van der Waals surface area contributed by atoms with E-state index in [0.717, 1.165) is 6.54 Å². The van der Waals surface area contributed by atoms with Gasteiger partial charge in [0.05, 0.1) is 6.20 Å². The molecule has 0 radical (unpaired) electrons. The van der Waals surface area contributed by atoms with Gasteiger partial charge in [-0.2, -0.15) is 0 Å². The molecule has 88 valence electrons. The van der Waals surface area contributed by atoms with Crippen molar-refractivity contribution in [1.82, 2.24) is 14.9 Å². The number of ether oxygens (including phenoxy) is 1. The lowest BCUT2D eigenvalue weighted by Gasteiger charge is -2.31. The first kappa shape index (κ1) is 11.1. The highest BCUT2D eigenvalue weighted by Gasteiger charge is 2.19. The zero-order valence-electron chi connectivity index (χ0n) is 9.59. The predicted octanol–water partition coefficient (Wildman–Crippen LogP) is 0.922. The largest absolute Gasteiger partial charge is 0.474 e. The molecule has 5 nitrogen and oxygen atoms in total. The Hall–Kier alpha value is -1.36. The van der Waals surface area contributed by atoms with Crippen LogP contribution < -0.4 is 10.5 Å². The Balaban J connectivity index is 1.89. The maximum absolute atomic E-state index is 5.71. The fourth-order valence-corrected chi connectivity index (χ4v) is 1.98. The van der Waals surface area contributed by atoms with Gasteiger partial charge >= 0.3 is 0 Å². The van der Waals surface area contributed by atoms with Gasteiger partial charge in [-0.05, 0) is 26.4 Å². The summed E-state index contributed by atoms with van der Waals surface area (Å²) >= 11 is 0. The van der Waals surface area contributed by atoms with E-state index in [1.807, 2.05) is 0 Å². The molecule has 0 aromatic carbocycles. The van der Waals surface area contributed by atoms with Crippen LogP contribution in [-0.4, -0.2) is 41.1 Å². The van der Waals surface area contributed by atoms with Crippen LogP contribution in [0.3, 0.4) is 0 Å². The van der Waals surface area contributed by atoms with Gasteiger partial charge in [0.2, 0.25) is 5.88 Å². The molecule has 1 unspecified atom stereocenters. The van der Waals surface area contributed by atoms with Crippen LogP contribution in [0, 0.1) is 0 Å². The van der Waals surface area contributed by atoms with Gasteiger partial charge in [-0.1, -0.05) is 6.42 Å². The monoisotopic (exact) mass is 222 g/mol. The number of nitrogens with two attached hydrogens (primary N) is 1. The molecule has 2 rings (SSSR count). The van der Waals surface area contributed by atoms with Crippen molar-refractivity contribution >= 4 is 5.69 Å². The number of likely N-dealkylation sites (tertiary alicyclic amines) is 1. The Morgan fingerprint density at radius 1 is 1.56 bits per heavy atom. The number of rotatable bonds is 3. The van der Waals surface area contributed by atoms with Gasteiger partial charge in [0.25, 0.3) is 0 Å². The van der Waals surface area contributed by atoms with Crippen molar-refractivity contribution in [3.05, 3.63) is 12.5 Å². The second-order valence-corrected chi connectivity index (χ2v) is 4.22. The van der Waals surface area contributed by atoms with E-state index in [1.165, 1.54) is 25.6 Å². The molecule has 2 heterocycles. The SMILES string of the molecule is CN1CCCCC1COc1ncncc1N. The number of piperidine rings is 1. The number of anilines is 1. The number of aromatic nitrogens is 2. The van der Waals surface area contributed by atoms with Gasteiger partial charge in [0, 0.05) is 6.04 Å². The molecule has 1 atom stereocenters. The summed E-state index contributed by atoms with van der Waals surface area (Å²) in [4.78, 5) is 10.2. The minimum atomic E-state index is 0.475. The second kappa shape index (κ2) is 5.12. The van der Waals surface area contributed by atoms with Crippen LogP contribution in [0.2, 0.25) is 0 Å². The van der Waals surface area contributed by atoms with Crippen LogP contribution in [0.1, 0.15) is 19.3 Å². The lowest BCUT2D eigenvalue weighted by Crippen LogP contribution is -2.40. The van der Waals surface area contributed by atoms with Crippen molar-refractivity contribution in [2.45, 2.75) is 25.3 Å². The van der Waals surface area contributed by atoms with Crippen LogP contribution in [0.15, 0.2) is 12.5 Å². The van der Waals surface area contributed by atoms with Crippen LogP contribution in [0.5, 0.6) is 5.88 Å². The summed E-state index contributed by atoms with van der Waals surface area (Å²) in [5.74, 6) is 0.494. The average Bonchev–Trinajstić information content (AvgIpc) is 2.30. The van der Waals surface area contributed by atoms with Crippen molar-refractivity contribution in [3.8, 4) is 5.88 Å². The van der Waals surface area contributed by atoms with E-state index in [-0.39, 0.29) is 0 Å². The minimum absolute atomic E-state index is 0.475. The van der Waals surface area contributed by atoms with Crippen molar-refractivity contribution in [2.24, 2.45) is 0 Å². The van der Waals surface area contributed by atoms with Gasteiger partial charge in [-0.15, -0.1) is 0 Å². The molecule has 0 aliphatic carbocycles. The minimum Gasteiger partial charge on any atom is -0.474 e. The zero-order valence-corrected chi connectivity index (χ0v) is 9.59. The molecule has 0 bridgehead atoms. The quantitative estimate of drug-likeness (QED) is 0.824. The van der Waals surface area contributed by atoms with E-state index in [1.54, 1.807) is 6.20 Å². The smallest absolute Gasteiger partial charge is 0.240 e. The molecule has 0 amide bonds. The molecule has 16 heavy (non-hydrogen) atoms. The van der Waals surface area contributed by atoms with E-state index in [2.05, 4.69) is 21.9 Å². The first-order valence-corrected chi connectivity index (χ1v) is 5.66. The number of hydrogen-bond acceptors (Lipinski definition) is 5. The maximum atomic E-state index is 5.71. The summed E-state index contributed by atoms with van der Waals surface area (Å²) in [6.45, 7) is 1.80. The summed E-state index contributed by atoms with van der Waals surface area (Å²) in [6.07, 6.45) is 6.75. The lowest BCUT2D eigenvalue weighted by atomic mass is 10.0. The normalized spacial score (nSPS) is 21.9. The lowest BCUT2D eigenvalue weighted by molar-refractivity contribution is 0.123. The Bertz CT molecular complexity index is 345. The average molecular weight is 222 g/mol. The van der Waals surface area contributed by atoms with Gasteiger partial charge in [0.1, 0.15) is 18.6 Å². The van der Waals surface area contributed by atoms with Crippen LogP contribution >= 0.6 is 0 Å². The van der Waals surface area contributed by atoms with Crippen molar-refractivity contribution in [3.63, 3.8) is 0 Å². The Kier molecular flexibility index (Phi) is 3.56. The molecule has 0 saturated carbocycles. The molecule has 0 spiro atoms. The topological polar surface area (TPSA) is 64.3 Å². The molecular weight excluding hydrogens is 204 g/mol. The van der Waals surface area contributed by atoms with E-state index < -0.39 is 0 Å². The Labute approximate surface area is 95.6 Å². The number of hydrogen-bond donors (Lipinski definition) is 1. The van der Waals surface area contributed by atoms with E-state index in [4.69, 9.17) is 10.5 Å². The van der Waals surface area contributed by atoms with E-state index in [9.17, 15) is 0 Å². The number of nitrogen functional groups attached to an aromatic ring is 1. The second-order valence-electron chi connectivity index (χ2n) is 4.22. The van der Waals surface area contributed by atoms with Crippen molar-refractivity contribution in [1.29, 1.82) is 0 Å². The Morgan fingerprint density at radius 2 is 2.44 bits per heavy atom. The standard InChI is InChI=1S/C11H18N4O/c1-15-5-3-2-4-9(15)7-16-11-10(12)6-13-8-14-11/h6,8-9H,2-5,7,12H2,1H3. The molecule has 1 fully saturated rings. The van der Waals surface area contributed by atoms with Crippen LogP contribution in [-0.2, 0) is 0 Å². The third kappa shape index (κ3) is 2.61. The fourth-order valence-electron chi connectivity index (χ4n) is 1.98. The first-order valence-electron chi connectivity index (χ1n) is 5.66. The first-order chi connectivity index (χ1) is 7.77. The molecule has 2 N–H and O–H groups in total.